The van der Waals surface area contributed by atoms with Crippen LogP contribution in [-0.2, 0) is 12.8 Å². The molecular weight excluding hydrogens is 401 g/mol. The molecule has 0 spiro atoms. The van der Waals surface area contributed by atoms with E-state index < -0.39 is 22.5 Å². The van der Waals surface area contributed by atoms with Crippen molar-refractivity contribution in [1.82, 2.24) is 9.97 Å². The highest BCUT2D eigenvalue weighted by atomic mass is 19.4. The molecule has 0 amide bonds. The van der Waals surface area contributed by atoms with Crippen LogP contribution in [0.15, 0.2) is 60.8 Å². The van der Waals surface area contributed by atoms with Gasteiger partial charge >= 0.3 is 6.18 Å². The third-order valence-corrected chi connectivity index (χ3v) is 4.19. The Morgan fingerprint density at radius 2 is 1.77 bits per heavy atom. The molecule has 0 unspecified atom stereocenters. The summed E-state index contributed by atoms with van der Waals surface area (Å²) in [5, 5.41) is 11.3. The minimum atomic E-state index is -4.72. The number of nitrogens with zero attached hydrogens (tertiary/aromatic N) is 4. The molecule has 3 rings (SSSR count). The zero-order valence-corrected chi connectivity index (χ0v) is 15.8. The fourth-order valence-corrected chi connectivity index (χ4v) is 2.78. The van der Waals surface area contributed by atoms with E-state index in [2.05, 4.69) is 9.97 Å². The molecule has 0 N–H and O–H groups in total. The maximum absolute atomic E-state index is 13.4. The number of nitro groups is 1. The lowest BCUT2D eigenvalue weighted by Crippen LogP contribution is -2.21. The Balaban J connectivity index is 2.01. The second kappa shape index (κ2) is 8.76. The van der Waals surface area contributed by atoms with E-state index in [9.17, 15) is 23.3 Å². The van der Waals surface area contributed by atoms with Crippen molar-refractivity contribution in [2.24, 2.45) is 0 Å². The SMILES string of the molecule is CCN(c1ncc(C(F)(F)F)c(OCc2ccccc2)n1)c1ccccc1[N+](=O)[O-]. The molecular formula is C20H17F3N4O3. The summed E-state index contributed by atoms with van der Waals surface area (Å²) in [6.45, 7) is 1.74. The summed E-state index contributed by atoms with van der Waals surface area (Å²) in [5.41, 5.74) is -0.508. The maximum atomic E-state index is 13.4. The van der Waals surface area contributed by atoms with Crippen LogP contribution in [0.2, 0.25) is 0 Å². The van der Waals surface area contributed by atoms with Crippen molar-refractivity contribution in [3.05, 3.63) is 82.0 Å². The number of halogens is 3. The van der Waals surface area contributed by atoms with E-state index in [1.807, 2.05) is 0 Å². The molecule has 0 saturated carbocycles. The first-order chi connectivity index (χ1) is 14.3. The first-order valence-electron chi connectivity index (χ1n) is 8.93. The summed E-state index contributed by atoms with van der Waals surface area (Å²) in [4.78, 5) is 19.9. The molecule has 156 valence electrons. The summed E-state index contributed by atoms with van der Waals surface area (Å²) < 4.78 is 45.6. The largest absolute Gasteiger partial charge is 0.472 e. The topological polar surface area (TPSA) is 81.4 Å². The van der Waals surface area contributed by atoms with Crippen molar-refractivity contribution >= 4 is 17.3 Å². The summed E-state index contributed by atoms with van der Waals surface area (Å²) in [6.07, 6.45) is -4.10. The van der Waals surface area contributed by atoms with Crippen LogP contribution in [0.1, 0.15) is 18.1 Å². The van der Waals surface area contributed by atoms with Crippen LogP contribution in [0, 0.1) is 10.1 Å². The first-order valence-corrected chi connectivity index (χ1v) is 8.93. The monoisotopic (exact) mass is 418 g/mol. The minimum absolute atomic E-state index is 0.127. The Morgan fingerprint density at radius 1 is 1.10 bits per heavy atom. The molecule has 0 atom stereocenters. The van der Waals surface area contributed by atoms with Gasteiger partial charge in [-0.15, -0.1) is 0 Å². The van der Waals surface area contributed by atoms with Crippen LogP contribution in [0.25, 0.3) is 0 Å². The normalized spacial score (nSPS) is 11.2. The number of nitro benzene ring substituents is 1. The van der Waals surface area contributed by atoms with E-state index in [1.165, 1.54) is 23.1 Å². The van der Waals surface area contributed by atoms with Crippen molar-refractivity contribution in [3.63, 3.8) is 0 Å². The van der Waals surface area contributed by atoms with Crippen LogP contribution < -0.4 is 9.64 Å². The van der Waals surface area contributed by atoms with Crippen molar-refractivity contribution < 1.29 is 22.8 Å². The van der Waals surface area contributed by atoms with Gasteiger partial charge in [0.2, 0.25) is 11.8 Å². The number of aromatic nitrogens is 2. The predicted octanol–water partition coefficient (Wildman–Crippen LogP) is 5.14. The number of ether oxygens (including phenoxy) is 1. The molecule has 2 aromatic carbocycles. The number of anilines is 2. The number of para-hydroxylation sites is 2. The lowest BCUT2D eigenvalue weighted by molar-refractivity contribution is -0.384. The first kappa shape index (κ1) is 21.0. The second-order valence-electron chi connectivity index (χ2n) is 6.15. The summed E-state index contributed by atoms with van der Waals surface area (Å²) in [7, 11) is 0. The number of hydrogen-bond acceptors (Lipinski definition) is 6. The lowest BCUT2D eigenvalue weighted by atomic mass is 10.2. The quantitative estimate of drug-likeness (QED) is 0.390. The van der Waals surface area contributed by atoms with Gasteiger partial charge in [-0.25, -0.2) is 4.98 Å². The number of alkyl halides is 3. The molecule has 0 bridgehead atoms. The molecule has 0 radical (unpaired) electrons. The van der Waals surface area contributed by atoms with Crippen molar-refractivity contribution in [1.29, 1.82) is 0 Å². The minimum Gasteiger partial charge on any atom is -0.472 e. The molecule has 0 fully saturated rings. The average Bonchev–Trinajstić information content (AvgIpc) is 2.73. The molecule has 0 saturated heterocycles. The Morgan fingerprint density at radius 3 is 2.40 bits per heavy atom. The van der Waals surface area contributed by atoms with Gasteiger partial charge in [-0.05, 0) is 18.6 Å². The number of benzene rings is 2. The Bertz CT molecular complexity index is 1030. The number of hydrogen-bond donors (Lipinski definition) is 0. The van der Waals surface area contributed by atoms with Crippen LogP contribution in [0.4, 0.5) is 30.5 Å². The molecule has 1 aromatic heterocycles. The number of rotatable bonds is 7. The molecule has 30 heavy (non-hydrogen) atoms. The highest BCUT2D eigenvalue weighted by Crippen LogP contribution is 2.37. The van der Waals surface area contributed by atoms with Crippen LogP contribution in [-0.4, -0.2) is 21.4 Å². The second-order valence-corrected chi connectivity index (χ2v) is 6.15. The lowest BCUT2D eigenvalue weighted by Gasteiger charge is -2.22. The van der Waals surface area contributed by atoms with E-state index >= 15 is 0 Å². The molecule has 1 heterocycles. The van der Waals surface area contributed by atoms with Crippen LogP contribution >= 0.6 is 0 Å². The van der Waals surface area contributed by atoms with Crippen LogP contribution in [0.5, 0.6) is 5.88 Å². The molecule has 0 aliphatic heterocycles. The van der Waals surface area contributed by atoms with E-state index in [0.29, 0.717) is 11.8 Å². The predicted molar refractivity (Wildman–Crippen MR) is 104 cm³/mol. The van der Waals surface area contributed by atoms with Crippen molar-refractivity contribution in [2.75, 3.05) is 11.4 Å². The van der Waals surface area contributed by atoms with Gasteiger partial charge < -0.3 is 9.64 Å². The van der Waals surface area contributed by atoms with Gasteiger partial charge in [0.25, 0.3) is 5.69 Å². The molecule has 0 aliphatic rings. The van der Waals surface area contributed by atoms with E-state index in [1.54, 1.807) is 43.3 Å². The third-order valence-electron chi connectivity index (χ3n) is 4.19. The summed E-state index contributed by atoms with van der Waals surface area (Å²) in [5.74, 6) is -0.781. The van der Waals surface area contributed by atoms with Gasteiger partial charge in [-0.3, -0.25) is 10.1 Å². The van der Waals surface area contributed by atoms with Gasteiger partial charge in [0.15, 0.2) is 0 Å². The van der Waals surface area contributed by atoms with E-state index in [-0.39, 0.29) is 30.5 Å². The summed E-state index contributed by atoms with van der Waals surface area (Å²) >= 11 is 0. The Kier molecular flexibility index (Phi) is 6.14. The molecule has 7 nitrogen and oxygen atoms in total. The molecule has 3 aromatic rings. The average molecular weight is 418 g/mol. The van der Waals surface area contributed by atoms with Gasteiger partial charge in [-0.1, -0.05) is 42.5 Å². The molecule has 0 aliphatic carbocycles. The van der Waals surface area contributed by atoms with E-state index in [0.717, 1.165) is 0 Å². The van der Waals surface area contributed by atoms with Crippen LogP contribution in [0.3, 0.4) is 0 Å². The van der Waals surface area contributed by atoms with Crippen molar-refractivity contribution in [2.45, 2.75) is 19.7 Å². The maximum Gasteiger partial charge on any atom is 0.423 e. The fraction of sp³-hybridized carbons (Fsp3) is 0.200. The van der Waals surface area contributed by atoms with Gasteiger partial charge in [-0.2, -0.15) is 18.2 Å². The third kappa shape index (κ3) is 4.65. The fourth-order valence-electron chi connectivity index (χ4n) is 2.78. The van der Waals surface area contributed by atoms with Gasteiger partial charge in [0, 0.05) is 18.8 Å². The van der Waals surface area contributed by atoms with Gasteiger partial charge in [0.1, 0.15) is 17.9 Å². The van der Waals surface area contributed by atoms with Gasteiger partial charge in [0.05, 0.1) is 4.92 Å². The van der Waals surface area contributed by atoms with E-state index in [4.69, 9.17) is 4.74 Å². The standard InChI is InChI=1S/C20H17F3N4O3/c1-2-26(16-10-6-7-11-17(16)27(28)29)19-24-12-15(20(21,22)23)18(25-19)30-13-14-8-4-3-5-9-14/h3-12H,2,13H2,1H3. The highest BCUT2D eigenvalue weighted by molar-refractivity contribution is 5.69. The summed E-state index contributed by atoms with van der Waals surface area (Å²) in [6, 6.07) is 14.5. The molecule has 10 heteroatoms. The Hall–Kier alpha value is -3.69. The smallest absolute Gasteiger partial charge is 0.423 e. The zero-order chi connectivity index (χ0) is 21.7. The highest BCUT2D eigenvalue weighted by Gasteiger charge is 2.37. The van der Waals surface area contributed by atoms with Crippen molar-refractivity contribution in [3.8, 4) is 5.88 Å². The zero-order valence-electron chi connectivity index (χ0n) is 15.8. The Labute approximate surface area is 169 Å².